The van der Waals surface area contributed by atoms with Crippen molar-refractivity contribution >= 4 is 22.4 Å². The lowest BCUT2D eigenvalue weighted by Gasteiger charge is -2.02. The lowest BCUT2D eigenvalue weighted by Crippen LogP contribution is -2.12. The Balaban J connectivity index is 2.18. The molecule has 0 radical (unpaired) electrons. The number of rotatable bonds is 3. The standard InChI is InChI=1S/C13H18N4OS/c1-7(2)11-6-10(16-17(11)5)12(18)15-13-14-8(3)9(4)19-13/h6-7H,1-5H3,(H,14,15,18). The average Bonchev–Trinajstić information content (AvgIpc) is 2.83. The Bertz CT molecular complexity index is 593. The van der Waals surface area contributed by atoms with E-state index in [1.807, 2.05) is 27.0 Å². The monoisotopic (exact) mass is 278 g/mol. The fraction of sp³-hybridized carbons (Fsp3) is 0.462. The number of hydrogen-bond donors (Lipinski definition) is 1. The van der Waals surface area contributed by atoms with Crippen LogP contribution in [0.4, 0.5) is 5.13 Å². The Hall–Kier alpha value is -1.69. The second-order valence-electron chi connectivity index (χ2n) is 4.85. The maximum absolute atomic E-state index is 12.1. The fourth-order valence-electron chi connectivity index (χ4n) is 1.82. The first-order valence-corrected chi connectivity index (χ1v) is 6.99. The highest BCUT2D eigenvalue weighted by Gasteiger charge is 2.16. The lowest BCUT2D eigenvalue weighted by atomic mass is 10.1. The summed E-state index contributed by atoms with van der Waals surface area (Å²) in [5.74, 6) is 0.125. The zero-order chi connectivity index (χ0) is 14.2. The van der Waals surface area contributed by atoms with Crippen LogP contribution in [-0.2, 0) is 7.05 Å². The molecule has 2 heterocycles. The van der Waals surface area contributed by atoms with E-state index in [-0.39, 0.29) is 5.91 Å². The van der Waals surface area contributed by atoms with Crippen LogP contribution >= 0.6 is 11.3 Å². The molecule has 0 aromatic carbocycles. The second-order valence-corrected chi connectivity index (χ2v) is 6.05. The molecule has 0 atom stereocenters. The van der Waals surface area contributed by atoms with Crippen molar-refractivity contribution in [2.75, 3.05) is 5.32 Å². The molecule has 0 bridgehead atoms. The Labute approximate surface area is 116 Å². The molecule has 0 saturated carbocycles. The van der Waals surface area contributed by atoms with E-state index in [9.17, 15) is 4.79 Å². The third kappa shape index (κ3) is 2.84. The van der Waals surface area contributed by atoms with Crippen molar-refractivity contribution < 1.29 is 4.79 Å². The minimum Gasteiger partial charge on any atom is -0.296 e. The SMILES string of the molecule is Cc1nc(NC(=O)c2cc(C(C)C)n(C)n2)sc1C. The quantitative estimate of drug-likeness (QED) is 0.939. The van der Waals surface area contributed by atoms with Crippen LogP contribution in [0.25, 0.3) is 0 Å². The number of aryl methyl sites for hydroxylation is 3. The minimum atomic E-state index is -0.212. The van der Waals surface area contributed by atoms with Crippen molar-refractivity contribution in [2.24, 2.45) is 7.05 Å². The van der Waals surface area contributed by atoms with Crippen molar-refractivity contribution in [1.29, 1.82) is 0 Å². The highest BCUT2D eigenvalue weighted by atomic mass is 32.1. The van der Waals surface area contributed by atoms with Crippen LogP contribution in [0.1, 0.15) is 46.5 Å². The zero-order valence-corrected chi connectivity index (χ0v) is 12.6. The summed E-state index contributed by atoms with van der Waals surface area (Å²) in [4.78, 5) is 17.5. The first kappa shape index (κ1) is 13.7. The van der Waals surface area contributed by atoms with Gasteiger partial charge in [-0.25, -0.2) is 4.98 Å². The maximum atomic E-state index is 12.1. The van der Waals surface area contributed by atoms with Crippen molar-refractivity contribution in [3.8, 4) is 0 Å². The van der Waals surface area contributed by atoms with Gasteiger partial charge in [-0.15, -0.1) is 11.3 Å². The summed E-state index contributed by atoms with van der Waals surface area (Å²) in [6, 6.07) is 1.83. The maximum Gasteiger partial charge on any atom is 0.277 e. The number of nitrogens with zero attached hydrogens (tertiary/aromatic N) is 3. The first-order valence-electron chi connectivity index (χ1n) is 6.17. The van der Waals surface area contributed by atoms with Crippen molar-refractivity contribution in [3.63, 3.8) is 0 Å². The van der Waals surface area contributed by atoms with E-state index in [1.54, 1.807) is 4.68 Å². The third-order valence-corrected chi connectivity index (χ3v) is 3.98. The second kappa shape index (κ2) is 5.13. The number of hydrogen-bond acceptors (Lipinski definition) is 4. The van der Waals surface area contributed by atoms with E-state index >= 15 is 0 Å². The van der Waals surface area contributed by atoms with Gasteiger partial charge in [0.05, 0.1) is 5.69 Å². The summed E-state index contributed by atoms with van der Waals surface area (Å²) in [6.07, 6.45) is 0. The number of anilines is 1. The van der Waals surface area contributed by atoms with Gasteiger partial charge in [-0.3, -0.25) is 14.8 Å². The van der Waals surface area contributed by atoms with Crippen LogP contribution in [0.2, 0.25) is 0 Å². The number of nitrogens with one attached hydrogen (secondary N) is 1. The summed E-state index contributed by atoms with van der Waals surface area (Å²) < 4.78 is 1.75. The summed E-state index contributed by atoms with van der Waals surface area (Å²) in [7, 11) is 1.85. The van der Waals surface area contributed by atoms with E-state index in [2.05, 4.69) is 29.2 Å². The molecule has 0 saturated heterocycles. The third-order valence-electron chi connectivity index (χ3n) is 2.99. The number of carbonyl (C=O) groups excluding carboxylic acids is 1. The predicted molar refractivity (Wildman–Crippen MR) is 76.8 cm³/mol. The number of carbonyl (C=O) groups is 1. The first-order chi connectivity index (χ1) is 8.88. The van der Waals surface area contributed by atoms with E-state index < -0.39 is 0 Å². The molecule has 0 fully saturated rings. The van der Waals surface area contributed by atoms with Crippen molar-refractivity contribution in [3.05, 3.63) is 28.0 Å². The Kier molecular flexibility index (Phi) is 3.71. The number of aromatic nitrogens is 3. The molecule has 2 aromatic heterocycles. The highest BCUT2D eigenvalue weighted by Crippen LogP contribution is 2.22. The van der Waals surface area contributed by atoms with Crippen LogP contribution < -0.4 is 5.32 Å². The van der Waals surface area contributed by atoms with Crippen molar-refractivity contribution in [2.45, 2.75) is 33.6 Å². The summed E-state index contributed by atoms with van der Waals surface area (Å²) in [6.45, 7) is 8.07. The van der Waals surface area contributed by atoms with Gasteiger partial charge in [-0.1, -0.05) is 13.8 Å². The normalized spacial score (nSPS) is 11.1. The molecule has 19 heavy (non-hydrogen) atoms. The molecule has 2 rings (SSSR count). The molecule has 1 amide bonds. The summed E-state index contributed by atoms with van der Waals surface area (Å²) in [5, 5.41) is 7.65. The summed E-state index contributed by atoms with van der Waals surface area (Å²) >= 11 is 1.48. The van der Waals surface area contributed by atoms with Gasteiger partial charge in [0.25, 0.3) is 5.91 Å². The van der Waals surface area contributed by atoms with Crippen LogP contribution in [0.15, 0.2) is 6.07 Å². The Morgan fingerprint density at radius 3 is 2.58 bits per heavy atom. The van der Waals surface area contributed by atoms with E-state index in [4.69, 9.17) is 0 Å². The lowest BCUT2D eigenvalue weighted by molar-refractivity contribution is 0.102. The van der Waals surface area contributed by atoms with Crippen LogP contribution in [0.3, 0.4) is 0 Å². The van der Waals surface area contributed by atoms with E-state index in [1.165, 1.54) is 11.3 Å². The van der Waals surface area contributed by atoms with Gasteiger partial charge in [-0.2, -0.15) is 5.10 Å². The largest absolute Gasteiger partial charge is 0.296 e. The van der Waals surface area contributed by atoms with Gasteiger partial charge >= 0.3 is 0 Å². The average molecular weight is 278 g/mol. The van der Waals surface area contributed by atoms with Gasteiger partial charge < -0.3 is 0 Å². The predicted octanol–water partition coefficient (Wildman–Crippen LogP) is 2.87. The molecule has 2 aromatic rings. The molecule has 0 aliphatic rings. The fourth-order valence-corrected chi connectivity index (χ4v) is 2.63. The minimum absolute atomic E-state index is 0.212. The van der Waals surface area contributed by atoms with E-state index in [0.29, 0.717) is 16.7 Å². The summed E-state index contributed by atoms with van der Waals surface area (Å²) in [5.41, 5.74) is 2.41. The highest BCUT2D eigenvalue weighted by molar-refractivity contribution is 7.15. The molecule has 1 N–H and O–H groups in total. The van der Waals surface area contributed by atoms with Gasteiger partial charge in [-0.05, 0) is 25.8 Å². The molecular formula is C13H18N4OS. The van der Waals surface area contributed by atoms with Gasteiger partial charge in [0.1, 0.15) is 0 Å². The molecule has 0 spiro atoms. The number of thiazole rings is 1. The molecule has 5 nitrogen and oxygen atoms in total. The Morgan fingerprint density at radius 2 is 2.11 bits per heavy atom. The molecule has 102 valence electrons. The topological polar surface area (TPSA) is 59.8 Å². The number of amides is 1. The van der Waals surface area contributed by atoms with Gasteiger partial charge in [0.2, 0.25) is 0 Å². The van der Waals surface area contributed by atoms with Gasteiger partial charge in [0, 0.05) is 17.6 Å². The van der Waals surface area contributed by atoms with Crippen LogP contribution in [0.5, 0.6) is 0 Å². The smallest absolute Gasteiger partial charge is 0.277 e. The van der Waals surface area contributed by atoms with Gasteiger partial charge in [0.15, 0.2) is 10.8 Å². The molecule has 0 aliphatic heterocycles. The van der Waals surface area contributed by atoms with Crippen LogP contribution in [0, 0.1) is 13.8 Å². The molecular weight excluding hydrogens is 260 g/mol. The Morgan fingerprint density at radius 1 is 1.42 bits per heavy atom. The molecule has 0 aliphatic carbocycles. The molecule has 0 unspecified atom stereocenters. The molecule has 6 heteroatoms. The van der Waals surface area contributed by atoms with Crippen molar-refractivity contribution in [1.82, 2.24) is 14.8 Å². The van der Waals surface area contributed by atoms with E-state index in [0.717, 1.165) is 16.3 Å². The van der Waals surface area contributed by atoms with Crippen LogP contribution in [-0.4, -0.2) is 20.7 Å². The zero-order valence-electron chi connectivity index (χ0n) is 11.8.